The van der Waals surface area contributed by atoms with Crippen molar-refractivity contribution in [1.29, 1.82) is 0 Å². The van der Waals surface area contributed by atoms with Gasteiger partial charge in [-0.05, 0) is 32.4 Å². The molecule has 1 fully saturated rings. The summed E-state index contributed by atoms with van der Waals surface area (Å²) in [7, 11) is 0. The lowest BCUT2D eigenvalue weighted by atomic mass is 10.1. The quantitative estimate of drug-likeness (QED) is 0.323. The number of hydrogen-bond acceptors (Lipinski definition) is 8. The van der Waals surface area contributed by atoms with Crippen molar-refractivity contribution in [2.24, 2.45) is 0 Å². The van der Waals surface area contributed by atoms with Crippen LogP contribution in [0.3, 0.4) is 0 Å². The molecule has 8 heteroatoms. The Hall–Kier alpha value is -3.36. The Morgan fingerprint density at radius 2 is 1.71 bits per heavy atom. The molecule has 0 spiro atoms. The molecule has 7 nitrogen and oxygen atoms in total. The molecular formula is C27H30N4O3S. The molecule has 2 aromatic carbocycles. The van der Waals surface area contributed by atoms with Gasteiger partial charge in [-0.2, -0.15) is 0 Å². The lowest BCUT2D eigenvalue weighted by molar-refractivity contribution is 0.122. The van der Waals surface area contributed by atoms with Gasteiger partial charge in [0, 0.05) is 30.1 Å². The van der Waals surface area contributed by atoms with Crippen molar-refractivity contribution in [3.63, 3.8) is 0 Å². The fourth-order valence-electron chi connectivity index (χ4n) is 4.24. The molecule has 4 aromatic rings. The summed E-state index contributed by atoms with van der Waals surface area (Å²) in [6.07, 6.45) is 0. The van der Waals surface area contributed by atoms with Gasteiger partial charge < -0.3 is 24.4 Å². The van der Waals surface area contributed by atoms with Crippen LogP contribution in [0, 0.1) is 6.92 Å². The molecule has 0 radical (unpaired) electrons. The molecule has 1 N–H and O–H groups in total. The van der Waals surface area contributed by atoms with Gasteiger partial charge in [-0.3, -0.25) is 0 Å². The maximum absolute atomic E-state index is 6.07. The minimum Gasteiger partial charge on any atom is -0.492 e. The third kappa shape index (κ3) is 5.04. The topological polar surface area (TPSA) is 68.7 Å². The number of ether oxygens (including phenoxy) is 3. The third-order valence-corrected chi connectivity index (χ3v) is 6.91. The average molecular weight is 491 g/mol. The van der Waals surface area contributed by atoms with Gasteiger partial charge in [-0.1, -0.05) is 30.3 Å². The first-order valence-electron chi connectivity index (χ1n) is 12.0. The Balaban J connectivity index is 1.57. The number of benzene rings is 2. The number of aryl methyl sites for hydroxylation is 1. The van der Waals surface area contributed by atoms with Crippen molar-refractivity contribution in [3.05, 3.63) is 54.4 Å². The van der Waals surface area contributed by atoms with E-state index in [-0.39, 0.29) is 0 Å². The summed E-state index contributed by atoms with van der Waals surface area (Å²) in [4.78, 5) is 13.9. The van der Waals surface area contributed by atoms with Gasteiger partial charge in [-0.15, -0.1) is 11.3 Å². The first-order chi connectivity index (χ1) is 17.2. The molecule has 1 aliphatic heterocycles. The second-order valence-corrected chi connectivity index (χ2v) is 9.25. The lowest BCUT2D eigenvalue weighted by Crippen LogP contribution is -2.36. The molecule has 0 atom stereocenters. The Morgan fingerprint density at radius 1 is 0.971 bits per heavy atom. The molecule has 0 unspecified atom stereocenters. The average Bonchev–Trinajstić information content (AvgIpc) is 3.31. The SMILES string of the molecule is CCOc1cc(N2CCOCC2)c(OCC)cc1Nc1nc(C)nc2sc(-c3ccccc3)cc12. The van der Waals surface area contributed by atoms with Crippen molar-refractivity contribution in [1.82, 2.24) is 9.97 Å². The highest BCUT2D eigenvalue weighted by Crippen LogP contribution is 2.42. The summed E-state index contributed by atoms with van der Waals surface area (Å²) in [5, 5.41) is 4.53. The van der Waals surface area contributed by atoms with Crippen molar-refractivity contribution >= 4 is 38.7 Å². The number of thiophene rings is 1. The number of anilines is 3. The molecule has 1 aliphatic rings. The van der Waals surface area contributed by atoms with Gasteiger partial charge in [0.05, 0.1) is 43.2 Å². The van der Waals surface area contributed by atoms with E-state index >= 15 is 0 Å². The number of nitrogens with one attached hydrogen (secondary N) is 1. The first kappa shape index (κ1) is 23.4. The van der Waals surface area contributed by atoms with E-state index in [1.165, 1.54) is 5.56 Å². The van der Waals surface area contributed by atoms with Crippen molar-refractivity contribution in [2.75, 3.05) is 49.7 Å². The number of rotatable bonds is 8. The largest absolute Gasteiger partial charge is 0.492 e. The van der Waals surface area contributed by atoms with E-state index in [1.54, 1.807) is 11.3 Å². The zero-order valence-electron chi connectivity index (χ0n) is 20.3. The molecule has 0 aliphatic carbocycles. The zero-order chi connectivity index (χ0) is 24.2. The molecule has 2 aromatic heterocycles. The molecule has 1 saturated heterocycles. The number of hydrogen-bond donors (Lipinski definition) is 1. The van der Waals surface area contributed by atoms with Crippen LogP contribution in [-0.4, -0.2) is 49.5 Å². The van der Waals surface area contributed by atoms with Crippen LogP contribution in [0.1, 0.15) is 19.7 Å². The fraction of sp³-hybridized carbons (Fsp3) is 0.333. The predicted octanol–water partition coefficient (Wildman–Crippen LogP) is 6.04. The summed E-state index contributed by atoms with van der Waals surface area (Å²) in [6.45, 7) is 10.1. The van der Waals surface area contributed by atoms with Gasteiger partial charge >= 0.3 is 0 Å². The summed E-state index contributed by atoms with van der Waals surface area (Å²) in [6, 6.07) is 16.6. The van der Waals surface area contributed by atoms with Crippen LogP contribution in [0.25, 0.3) is 20.7 Å². The van der Waals surface area contributed by atoms with E-state index in [2.05, 4.69) is 46.6 Å². The smallest absolute Gasteiger partial charge is 0.145 e. The fourth-order valence-corrected chi connectivity index (χ4v) is 5.32. The van der Waals surface area contributed by atoms with Crippen LogP contribution in [-0.2, 0) is 4.74 Å². The summed E-state index contributed by atoms with van der Waals surface area (Å²) in [5.74, 6) is 3.06. The Labute approximate surface area is 209 Å². The minimum atomic E-state index is 0.556. The van der Waals surface area contributed by atoms with E-state index in [0.29, 0.717) is 26.4 Å². The van der Waals surface area contributed by atoms with Crippen LogP contribution >= 0.6 is 11.3 Å². The molecular weight excluding hydrogens is 460 g/mol. The Kier molecular flexibility index (Phi) is 7.01. The Bertz CT molecular complexity index is 1300. The summed E-state index contributed by atoms with van der Waals surface area (Å²) < 4.78 is 17.7. The summed E-state index contributed by atoms with van der Waals surface area (Å²) >= 11 is 1.67. The lowest BCUT2D eigenvalue weighted by Gasteiger charge is -2.31. The molecule has 182 valence electrons. The van der Waals surface area contributed by atoms with E-state index in [0.717, 1.165) is 62.7 Å². The van der Waals surface area contributed by atoms with Crippen LogP contribution in [0.15, 0.2) is 48.5 Å². The highest BCUT2D eigenvalue weighted by molar-refractivity contribution is 7.21. The molecule has 35 heavy (non-hydrogen) atoms. The van der Waals surface area contributed by atoms with Crippen LogP contribution < -0.4 is 19.7 Å². The van der Waals surface area contributed by atoms with E-state index in [9.17, 15) is 0 Å². The number of aromatic nitrogens is 2. The van der Waals surface area contributed by atoms with Crippen LogP contribution in [0.4, 0.5) is 17.2 Å². The minimum absolute atomic E-state index is 0.556. The standard InChI is InChI=1S/C27H30N4O3S/c1-4-33-23-17-22(31-11-13-32-14-12-31)24(34-5-2)16-21(23)30-26-20-15-25(19-9-7-6-8-10-19)35-27(20)29-18(3)28-26/h6-10,15-17H,4-5,11-14H2,1-3H3,(H,28,29,30). The summed E-state index contributed by atoms with van der Waals surface area (Å²) in [5.41, 5.74) is 3.01. The normalized spacial score (nSPS) is 13.7. The highest BCUT2D eigenvalue weighted by Gasteiger charge is 2.21. The number of nitrogens with zero attached hydrogens (tertiary/aromatic N) is 3. The number of fused-ring (bicyclic) bond motifs is 1. The molecule has 5 rings (SSSR count). The molecule has 0 saturated carbocycles. The van der Waals surface area contributed by atoms with Crippen LogP contribution in [0.2, 0.25) is 0 Å². The van der Waals surface area contributed by atoms with E-state index in [1.807, 2.05) is 32.9 Å². The number of morpholine rings is 1. The van der Waals surface area contributed by atoms with Gasteiger partial charge in [0.1, 0.15) is 28.0 Å². The van der Waals surface area contributed by atoms with Gasteiger partial charge in [0.2, 0.25) is 0 Å². The van der Waals surface area contributed by atoms with Crippen molar-refractivity contribution in [3.8, 4) is 21.9 Å². The second kappa shape index (κ2) is 10.5. The monoisotopic (exact) mass is 490 g/mol. The van der Waals surface area contributed by atoms with Crippen molar-refractivity contribution < 1.29 is 14.2 Å². The maximum atomic E-state index is 6.07. The molecule has 0 amide bonds. The predicted molar refractivity (Wildman–Crippen MR) is 143 cm³/mol. The second-order valence-electron chi connectivity index (χ2n) is 8.22. The highest BCUT2D eigenvalue weighted by atomic mass is 32.1. The zero-order valence-corrected chi connectivity index (χ0v) is 21.2. The first-order valence-corrected chi connectivity index (χ1v) is 12.8. The van der Waals surface area contributed by atoms with Gasteiger partial charge in [-0.25, -0.2) is 9.97 Å². The van der Waals surface area contributed by atoms with Gasteiger partial charge in [0.25, 0.3) is 0 Å². The molecule has 0 bridgehead atoms. The van der Waals surface area contributed by atoms with Gasteiger partial charge in [0.15, 0.2) is 0 Å². The molecule has 3 heterocycles. The Morgan fingerprint density at radius 3 is 2.46 bits per heavy atom. The third-order valence-electron chi connectivity index (χ3n) is 5.83. The maximum Gasteiger partial charge on any atom is 0.145 e. The van der Waals surface area contributed by atoms with E-state index < -0.39 is 0 Å². The van der Waals surface area contributed by atoms with Crippen molar-refractivity contribution in [2.45, 2.75) is 20.8 Å². The van der Waals surface area contributed by atoms with E-state index in [4.69, 9.17) is 24.2 Å². The van der Waals surface area contributed by atoms with Crippen LogP contribution in [0.5, 0.6) is 11.5 Å².